The Labute approximate surface area is 151 Å². The van der Waals surface area contributed by atoms with Crippen molar-refractivity contribution in [1.29, 1.82) is 0 Å². The molecular weight excluding hydrogens is 328 g/mol. The lowest BCUT2D eigenvalue weighted by atomic mass is 9.98. The normalized spacial score (nSPS) is 10.5. The monoisotopic (exact) mass is 348 g/mol. The number of primary amides is 1. The minimum absolute atomic E-state index is 0.0225. The van der Waals surface area contributed by atoms with E-state index in [9.17, 15) is 9.59 Å². The largest absolute Gasteiger partial charge is 0.497 e. The summed E-state index contributed by atoms with van der Waals surface area (Å²) in [7, 11) is 1.60. The Balaban J connectivity index is 2.17. The van der Waals surface area contributed by atoms with E-state index in [2.05, 4.69) is 0 Å². The number of hydrogen-bond acceptors (Lipinski definition) is 3. The van der Waals surface area contributed by atoms with Gasteiger partial charge in [-0.15, -0.1) is 0 Å². The maximum atomic E-state index is 12.8. The number of aromatic nitrogens is 1. The van der Waals surface area contributed by atoms with Gasteiger partial charge in [-0.3, -0.25) is 9.59 Å². The molecule has 2 N–H and O–H groups in total. The number of carbonyl (C=O) groups is 1. The zero-order valence-corrected chi connectivity index (χ0v) is 14.7. The zero-order chi connectivity index (χ0) is 18.7. The first-order valence-corrected chi connectivity index (χ1v) is 8.23. The van der Waals surface area contributed by atoms with E-state index < -0.39 is 5.91 Å². The van der Waals surface area contributed by atoms with Crippen molar-refractivity contribution in [2.24, 2.45) is 5.73 Å². The third-order valence-corrected chi connectivity index (χ3v) is 4.38. The van der Waals surface area contributed by atoms with Crippen LogP contribution in [0.4, 0.5) is 0 Å². The average Bonchev–Trinajstić information content (AvgIpc) is 2.65. The third-order valence-electron chi connectivity index (χ3n) is 4.38. The van der Waals surface area contributed by atoms with E-state index in [1.54, 1.807) is 20.2 Å². The first kappa shape index (κ1) is 17.5. The SMILES string of the molecule is COc1ccc(-c2cn(Cc3ccccc3)c(=O)c(C(N)=O)c2C)cc1. The number of rotatable bonds is 5. The van der Waals surface area contributed by atoms with Gasteiger partial charge >= 0.3 is 0 Å². The van der Waals surface area contributed by atoms with Crippen LogP contribution in [0, 0.1) is 6.92 Å². The van der Waals surface area contributed by atoms with Crippen molar-refractivity contribution in [3.63, 3.8) is 0 Å². The van der Waals surface area contributed by atoms with Gasteiger partial charge in [-0.25, -0.2) is 0 Å². The van der Waals surface area contributed by atoms with Crippen LogP contribution in [-0.4, -0.2) is 17.6 Å². The van der Waals surface area contributed by atoms with E-state index in [4.69, 9.17) is 10.5 Å². The van der Waals surface area contributed by atoms with E-state index in [0.29, 0.717) is 12.1 Å². The summed E-state index contributed by atoms with van der Waals surface area (Å²) in [6.07, 6.45) is 1.78. The molecule has 3 rings (SSSR count). The third kappa shape index (κ3) is 3.37. The highest BCUT2D eigenvalue weighted by Gasteiger charge is 2.18. The molecule has 1 aromatic heterocycles. The minimum atomic E-state index is -0.718. The molecule has 3 aromatic rings. The van der Waals surface area contributed by atoms with Gasteiger partial charge in [0.15, 0.2) is 0 Å². The Kier molecular flexibility index (Phi) is 4.89. The number of carbonyl (C=O) groups excluding carboxylic acids is 1. The molecule has 0 saturated carbocycles. The second-order valence-corrected chi connectivity index (χ2v) is 6.05. The van der Waals surface area contributed by atoms with Gasteiger partial charge in [0.2, 0.25) is 0 Å². The van der Waals surface area contributed by atoms with Crippen LogP contribution >= 0.6 is 0 Å². The molecule has 132 valence electrons. The summed E-state index contributed by atoms with van der Waals surface area (Å²) in [5.74, 6) is 0.0174. The van der Waals surface area contributed by atoms with E-state index in [1.807, 2.05) is 54.6 Å². The van der Waals surface area contributed by atoms with Gasteiger partial charge in [0.05, 0.1) is 13.7 Å². The van der Waals surface area contributed by atoms with E-state index >= 15 is 0 Å². The van der Waals surface area contributed by atoms with Crippen molar-refractivity contribution in [1.82, 2.24) is 4.57 Å². The molecular formula is C21H20N2O3. The van der Waals surface area contributed by atoms with Crippen LogP contribution in [0.25, 0.3) is 11.1 Å². The number of pyridine rings is 1. The maximum absolute atomic E-state index is 12.8. The van der Waals surface area contributed by atoms with Crippen LogP contribution < -0.4 is 16.0 Å². The fraction of sp³-hybridized carbons (Fsp3) is 0.143. The van der Waals surface area contributed by atoms with Crippen molar-refractivity contribution in [3.8, 4) is 16.9 Å². The van der Waals surface area contributed by atoms with E-state index in [-0.39, 0.29) is 11.1 Å². The van der Waals surface area contributed by atoms with Crippen LogP contribution in [0.15, 0.2) is 65.6 Å². The summed E-state index contributed by atoms with van der Waals surface area (Å²) in [6, 6.07) is 17.1. The van der Waals surface area contributed by atoms with Gasteiger partial charge < -0.3 is 15.0 Å². The predicted octanol–water partition coefficient (Wildman–Crippen LogP) is 2.98. The highest BCUT2D eigenvalue weighted by molar-refractivity contribution is 5.95. The van der Waals surface area contributed by atoms with Crippen LogP contribution in [0.3, 0.4) is 0 Å². The molecule has 0 aliphatic carbocycles. The Morgan fingerprint density at radius 3 is 2.31 bits per heavy atom. The zero-order valence-electron chi connectivity index (χ0n) is 14.7. The molecule has 0 bridgehead atoms. The molecule has 0 spiro atoms. The number of hydrogen-bond donors (Lipinski definition) is 1. The molecule has 26 heavy (non-hydrogen) atoms. The number of amides is 1. The summed E-state index contributed by atoms with van der Waals surface area (Å²) < 4.78 is 6.72. The topological polar surface area (TPSA) is 74.3 Å². The van der Waals surface area contributed by atoms with Crippen LogP contribution in [0.2, 0.25) is 0 Å². The van der Waals surface area contributed by atoms with Crippen LogP contribution in [-0.2, 0) is 6.54 Å². The number of nitrogens with two attached hydrogens (primary N) is 1. The Morgan fingerprint density at radius 1 is 1.08 bits per heavy atom. The quantitative estimate of drug-likeness (QED) is 0.770. The summed E-state index contributed by atoms with van der Waals surface area (Å²) in [5.41, 5.74) is 8.36. The molecule has 0 atom stereocenters. The smallest absolute Gasteiger partial charge is 0.264 e. The second-order valence-electron chi connectivity index (χ2n) is 6.05. The van der Waals surface area contributed by atoms with E-state index in [0.717, 1.165) is 22.4 Å². The number of methoxy groups -OCH3 is 1. The van der Waals surface area contributed by atoms with Gasteiger partial charge in [-0.05, 0) is 35.7 Å². The molecule has 2 aromatic carbocycles. The van der Waals surface area contributed by atoms with Gasteiger partial charge in [0.1, 0.15) is 11.3 Å². The molecule has 0 unspecified atom stereocenters. The summed E-state index contributed by atoms with van der Waals surface area (Å²) >= 11 is 0. The first-order chi connectivity index (χ1) is 12.5. The van der Waals surface area contributed by atoms with Crippen molar-refractivity contribution in [2.45, 2.75) is 13.5 Å². The standard InChI is InChI=1S/C21H20N2O3/c1-14-18(16-8-10-17(26-2)11-9-16)13-23(21(25)19(14)20(22)24)12-15-6-4-3-5-7-15/h3-11,13H,12H2,1-2H3,(H2,22,24). The summed E-state index contributed by atoms with van der Waals surface area (Å²) in [4.78, 5) is 24.7. The second kappa shape index (κ2) is 7.27. The van der Waals surface area contributed by atoms with Crippen LogP contribution in [0.5, 0.6) is 5.75 Å². The lowest BCUT2D eigenvalue weighted by molar-refractivity contribution is 0.0997. The fourth-order valence-electron chi connectivity index (χ4n) is 3.00. The van der Waals surface area contributed by atoms with Gasteiger partial charge in [0.25, 0.3) is 11.5 Å². The summed E-state index contributed by atoms with van der Waals surface area (Å²) in [5, 5.41) is 0. The van der Waals surface area contributed by atoms with Gasteiger partial charge in [-0.1, -0.05) is 42.5 Å². The Morgan fingerprint density at radius 2 is 1.73 bits per heavy atom. The molecule has 0 aliphatic heterocycles. The highest BCUT2D eigenvalue weighted by Crippen LogP contribution is 2.26. The van der Waals surface area contributed by atoms with Gasteiger partial charge in [0, 0.05) is 11.8 Å². The fourth-order valence-corrected chi connectivity index (χ4v) is 3.00. The maximum Gasteiger partial charge on any atom is 0.264 e. The Hall–Kier alpha value is -3.34. The van der Waals surface area contributed by atoms with Gasteiger partial charge in [-0.2, -0.15) is 0 Å². The molecule has 0 saturated heterocycles. The number of nitrogens with zero attached hydrogens (tertiary/aromatic N) is 1. The van der Waals surface area contributed by atoms with E-state index in [1.165, 1.54) is 4.57 Å². The molecule has 0 fully saturated rings. The minimum Gasteiger partial charge on any atom is -0.497 e. The molecule has 1 amide bonds. The lowest BCUT2D eigenvalue weighted by Gasteiger charge is -2.15. The van der Waals surface area contributed by atoms with Crippen molar-refractivity contribution in [3.05, 3.63) is 87.8 Å². The highest BCUT2D eigenvalue weighted by atomic mass is 16.5. The molecule has 0 radical (unpaired) electrons. The molecule has 0 aliphatic rings. The average molecular weight is 348 g/mol. The van der Waals surface area contributed by atoms with Crippen molar-refractivity contribution in [2.75, 3.05) is 7.11 Å². The molecule has 1 heterocycles. The lowest BCUT2D eigenvalue weighted by Crippen LogP contribution is -2.31. The van der Waals surface area contributed by atoms with Crippen molar-refractivity contribution < 1.29 is 9.53 Å². The molecule has 5 heteroatoms. The number of benzene rings is 2. The predicted molar refractivity (Wildman–Crippen MR) is 101 cm³/mol. The molecule has 5 nitrogen and oxygen atoms in total. The number of ether oxygens (including phenoxy) is 1. The summed E-state index contributed by atoms with van der Waals surface area (Å²) in [6.45, 7) is 2.11. The van der Waals surface area contributed by atoms with Crippen molar-refractivity contribution >= 4 is 5.91 Å². The van der Waals surface area contributed by atoms with Crippen LogP contribution in [0.1, 0.15) is 21.5 Å². The first-order valence-electron chi connectivity index (χ1n) is 8.23. The Bertz CT molecular complexity index is 990.